The van der Waals surface area contributed by atoms with Gasteiger partial charge < -0.3 is 4.42 Å². The molecule has 2 heterocycles. The topological polar surface area (TPSA) is 38.9 Å². The van der Waals surface area contributed by atoms with Gasteiger partial charge in [0, 0.05) is 38.3 Å². The van der Waals surface area contributed by atoms with Gasteiger partial charge in [-0.05, 0) is 111 Å². The molecular formula is C55H42N2O. The fraction of sp³-hybridized carbons (Fsp3) is 0.164. The molecule has 9 aromatic rings. The van der Waals surface area contributed by atoms with Crippen molar-refractivity contribution in [1.82, 2.24) is 9.97 Å². The lowest BCUT2D eigenvalue weighted by atomic mass is 9.67. The Morgan fingerprint density at radius 2 is 1.03 bits per heavy atom. The second-order valence-corrected chi connectivity index (χ2v) is 17.2. The van der Waals surface area contributed by atoms with E-state index in [4.69, 9.17) is 14.4 Å². The molecule has 1 fully saturated rings. The summed E-state index contributed by atoms with van der Waals surface area (Å²) in [4.78, 5) is 10.2. The molecule has 278 valence electrons. The van der Waals surface area contributed by atoms with E-state index in [0.29, 0.717) is 5.82 Å². The van der Waals surface area contributed by atoms with Gasteiger partial charge in [0.25, 0.3) is 0 Å². The molecule has 1 saturated carbocycles. The number of aromatic nitrogens is 2. The van der Waals surface area contributed by atoms with Gasteiger partial charge in [0.05, 0.1) is 11.4 Å². The minimum Gasteiger partial charge on any atom is -0.456 e. The number of hydrogen-bond acceptors (Lipinski definition) is 3. The summed E-state index contributed by atoms with van der Waals surface area (Å²) >= 11 is 0. The van der Waals surface area contributed by atoms with E-state index >= 15 is 0 Å². The van der Waals surface area contributed by atoms with Crippen LogP contribution in [0.1, 0.15) is 68.2 Å². The molecule has 1 spiro atoms. The number of fused-ring (bicyclic) bond motifs is 11. The number of benzene rings is 7. The average Bonchev–Trinajstić information content (AvgIpc) is 3.86. The molecule has 0 unspecified atom stereocenters. The molecule has 0 atom stereocenters. The Balaban J connectivity index is 0.934. The van der Waals surface area contributed by atoms with Gasteiger partial charge in [-0.1, -0.05) is 148 Å². The van der Waals surface area contributed by atoms with E-state index in [0.717, 1.165) is 50.0 Å². The van der Waals surface area contributed by atoms with Crippen LogP contribution in [0.25, 0.3) is 89.2 Å². The number of nitrogens with zero attached hydrogens (tertiary/aromatic N) is 2. The Bertz CT molecular complexity index is 3110. The van der Waals surface area contributed by atoms with E-state index in [2.05, 4.69) is 141 Å². The molecule has 2 aromatic heterocycles. The fourth-order valence-corrected chi connectivity index (χ4v) is 10.7. The van der Waals surface area contributed by atoms with Gasteiger partial charge in [-0.2, -0.15) is 0 Å². The van der Waals surface area contributed by atoms with Crippen molar-refractivity contribution in [1.29, 1.82) is 0 Å². The summed E-state index contributed by atoms with van der Waals surface area (Å²) in [7, 11) is 0. The summed E-state index contributed by atoms with van der Waals surface area (Å²) in [5.74, 6) is 0.704. The first kappa shape index (κ1) is 33.5. The van der Waals surface area contributed by atoms with Crippen molar-refractivity contribution in [2.45, 2.75) is 56.8 Å². The Labute approximate surface area is 339 Å². The highest BCUT2D eigenvalue weighted by Crippen LogP contribution is 2.60. The zero-order valence-electron chi connectivity index (χ0n) is 32.8. The zero-order valence-corrected chi connectivity index (χ0v) is 32.8. The van der Waals surface area contributed by atoms with Crippen LogP contribution in [0.15, 0.2) is 162 Å². The Hall–Kier alpha value is -6.58. The second kappa shape index (κ2) is 12.5. The third-order valence-electron chi connectivity index (χ3n) is 13.7. The van der Waals surface area contributed by atoms with E-state index in [1.54, 1.807) is 5.56 Å². The SMILES string of the molecule is CC1(C)c2ccccc2-c2cc3c(cc21)-c1ccc(-c2ccc(-c4cc(-c5ccc6c(c5)oc5ccccc56)nc(-c5ccccc5)n4)cc2)cc1C31CCCCC1. The first-order valence-corrected chi connectivity index (χ1v) is 20.9. The minimum atomic E-state index is -0.0143. The van der Waals surface area contributed by atoms with Gasteiger partial charge in [0.1, 0.15) is 11.2 Å². The molecule has 12 rings (SSSR count). The van der Waals surface area contributed by atoms with E-state index in [1.165, 1.54) is 82.2 Å². The third-order valence-corrected chi connectivity index (χ3v) is 13.7. The summed E-state index contributed by atoms with van der Waals surface area (Å²) in [5, 5.41) is 2.23. The van der Waals surface area contributed by atoms with E-state index in [-0.39, 0.29) is 10.8 Å². The standard InChI is InChI=1S/C55H42N2O/c1-54(2)45-17-9-7-15-39(45)43-32-48-44(31-46(43)54)40-25-23-37(29-47(40)55(48)27-11-4-12-28-55)34-19-21-35(22-20-34)49-33-50(57-53(56-49)36-13-5-3-6-14-36)38-24-26-42-41-16-8-10-18-51(41)58-52(42)30-38/h3,5-10,13-26,29-33H,4,11-12,27-28H2,1-2H3. The molecule has 3 aliphatic carbocycles. The first-order valence-electron chi connectivity index (χ1n) is 20.9. The van der Waals surface area contributed by atoms with Crippen LogP contribution in [-0.2, 0) is 10.8 Å². The smallest absolute Gasteiger partial charge is 0.160 e. The van der Waals surface area contributed by atoms with Crippen LogP contribution in [0.3, 0.4) is 0 Å². The van der Waals surface area contributed by atoms with Gasteiger partial charge in [-0.3, -0.25) is 0 Å². The van der Waals surface area contributed by atoms with Gasteiger partial charge in [0.15, 0.2) is 5.82 Å². The number of para-hydroxylation sites is 1. The Morgan fingerprint density at radius 1 is 0.414 bits per heavy atom. The van der Waals surface area contributed by atoms with Crippen LogP contribution in [-0.4, -0.2) is 9.97 Å². The molecule has 0 bridgehead atoms. The molecule has 0 N–H and O–H groups in total. The second-order valence-electron chi connectivity index (χ2n) is 17.2. The summed E-state index contributed by atoms with van der Waals surface area (Å²) in [5.41, 5.74) is 20.8. The first-order chi connectivity index (χ1) is 28.4. The van der Waals surface area contributed by atoms with Crippen molar-refractivity contribution in [3.05, 3.63) is 180 Å². The molecule has 58 heavy (non-hydrogen) atoms. The van der Waals surface area contributed by atoms with Crippen molar-refractivity contribution in [3.63, 3.8) is 0 Å². The molecule has 0 radical (unpaired) electrons. The Morgan fingerprint density at radius 3 is 1.88 bits per heavy atom. The summed E-state index contributed by atoms with van der Waals surface area (Å²) in [6, 6.07) is 57.5. The maximum atomic E-state index is 6.28. The summed E-state index contributed by atoms with van der Waals surface area (Å²) in [6.45, 7) is 4.80. The van der Waals surface area contributed by atoms with Crippen molar-refractivity contribution in [3.8, 4) is 67.3 Å². The van der Waals surface area contributed by atoms with Crippen LogP contribution < -0.4 is 0 Å². The fourth-order valence-electron chi connectivity index (χ4n) is 10.7. The molecule has 0 saturated heterocycles. The highest BCUT2D eigenvalue weighted by atomic mass is 16.3. The number of rotatable bonds is 4. The van der Waals surface area contributed by atoms with Crippen LogP contribution in [0.2, 0.25) is 0 Å². The molecule has 0 amide bonds. The molecular weight excluding hydrogens is 705 g/mol. The predicted octanol–water partition coefficient (Wildman–Crippen LogP) is 14.6. The van der Waals surface area contributed by atoms with Crippen LogP contribution >= 0.6 is 0 Å². The van der Waals surface area contributed by atoms with Gasteiger partial charge in [-0.25, -0.2) is 9.97 Å². The van der Waals surface area contributed by atoms with Gasteiger partial charge in [0.2, 0.25) is 0 Å². The van der Waals surface area contributed by atoms with Crippen molar-refractivity contribution >= 4 is 21.9 Å². The minimum absolute atomic E-state index is 0.0143. The molecule has 0 aliphatic heterocycles. The lowest BCUT2D eigenvalue weighted by Gasteiger charge is -2.36. The van der Waals surface area contributed by atoms with Crippen molar-refractivity contribution in [2.75, 3.05) is 0 Å². The predicted molar refractivity (Wildman–Crippen MR) is 238 cm³/mol. The molecule has 3 aliphatic rings. The number of furan rings is 1. The normalized spacial score (nSPS) is 15.7. The van der Waals surface area contributed by atoms with Crippen LogP contribution in [0, 0.1) is 0 Å². The van der Waals surface area contributed by atoms with Gasteiger partial charge in [-0.15, -0.1) is 0 Å². The molecule has 7 aromatic carbocycles. The maximum Gasteiger partial charge on any atom is 0.160 e. The van der Waals surface area contributed by atoms with Gasteiger partial charge >= 0.3 is 0 Å². The van der Waals surface area contributed by atoms with Crippen molar-refractivity contribution < 1.29 is 4.42 Å². The molecule has 3 heteroatoms. The summed E-state index contributed by atoms with van der Waals surface area (Å²) in [6.07, 6.45) is 6.29. The lowest BCUT2D eigenvalue weighted by Crippen LogP contribution is -2.28. The highest BCUT2D eigenvalue weighted by molar-refractivity contribution is 6.06. The third kappa shape index (κ3) is 4.92. The van der Waals surface area contributed by atoms with E-state index in [9.17, 15) is 0 Å². The number of hydrogen-bond donors (Lipinski definition) is 0. The summed E-state index contributed by atoms with van der Waals surface area (Å²) < 4.78 is 6.28. The zero-order chi connectivity index (χ0) is 38.6. The Kier molecular flexibility index (Phi) is 7.21. The largest absolute Gasteiger partial charge is 0.456 e. The van der Waals surface area contributed by atoms with E-state index in [1.807, 2.05) is 30.3 Å². The quantitative estimate of drug-likeness (QED) is 0.180. The lowest BCUT2D eigenvalue weighted by molar-refractivity contribution is 0.353. The van der Waals surface area contributed by atoms with Crippen LogP contribution in [0.5, 0.6) is 0 Å². The molecule has 3 nitrogen and oxygen atoms in total. The van der Waals surface area contributed by atoms with Crippen molar-refractivity contribution in [2.24, 2.45) is 0 Å². The van der Waals surface area contributed by atoms with E-state index < -0.39 is 0 Å². The average molecular weight is 747 g/mol. The monoisotopic (exact) mass is 746 g/mol. The van der Waals surface area contributed by atoms with Crippen LogP contribution in [0.4, 0.5) is 0 Å². The maximum absolute atomic E-state index is 6.28. The highest BCUT2D eigenvalue weighted by Gasteiger charge is 2.46.